The SMILES string of the molecule is CCCN(C)c1nnc(CC)c(CC)n1. The van der Waals surface area contributed by atoms with Gasteiger partial charge in [-0.1, -0.05) is 20.8 Å². The Hall–Kier alpha value is -1.19. The summed E-state index contributed by atoms with van der Waals surface area (Å²) in [7, 11) is 2.01. The molecule has 15 heavy (non-hydrogen) atoms. The molecular weight excluding hydrogens is 188 g/mol. The average Bonchev–Trinajstić information content (AvgIpc) is 2.28. The molecule has 0 spiro atoms. The molecule has 1 aromatic rings. The maximum absolute atomic E-state index is 4.53. The van der Waals surface area contributed by atoms with Crippen LogP contribution >= 0.6 is 0 Å². The van der Waals surface area contributed by atoms with Crippen LogP contribution in [-0.2, 0) is 12.8 Å². The van der Waals surface area contributed by atoms with E-state index in [0.29, 0.717) is 0 Å². The zero-order valence-electron chi connectivity index (χ0n) is 10.1. The molecule has 0 unspecified atom stereocenters. The molecule has 0 amide bonds. The molecule has 0 aliphatic rings. The molecule has 0 aliphatic heterocycles. The Bertz CT molecular complexity index is 311. The summed E-state index contributed by atoms with van der Waals surface area (Å²) in [5, 5.41) is 8.36. The third kappa shape index (κ3) is 2.88. The van der Waals surface area contributed by atoms with Gasteiger partial charge in [-0.25, -0.2) is 4.98 Å². The fourth-order valence-electron chi connectivity index (χ4n) is 1.53. The van der Waals surface area contributed by atoms with Gasteiger partial charge in [0, 0.05) is 13.6 Å². The highest BCUT2D eigenvalue weighted by atomic mass is 15.3. The van der Waals surface area contributed by atoms with E-state index < -0.39 is 0 Å². The third-order valence-corrected chi connectivity index (χ3v) is 2.40. The van der Waals surface area contributed by atoms with Crippen LogP contribution in [0.15, 0.2) is 0 Å². The summed E-state index contributed by atoms with van der Waals surface area (Å²) >= 11 is 0. The fraction of sp³-hybridized carbons (Fsp3) is 0.727. The van der Waals surface area contributed by atoms with Crippen LogP contribution in [-0.4, -0.2) is 28.8 Å². The van der Waals surface area contributed by atoms with Crippen molar-refractivity contribution in [3.63, 3.8) is 0 Å². The van der Waals surface area contributed by atoms with Crippen LogP contribution in [0.4, 0.5) is 5.95 Å². The second-order valence-electron chi connectivity index (χ2n) is 3.63. The highest BCUT2D eigenvalue weighted by molar-refractivity contribution is 5.28. The first kappa shape index (κ1) is 11.9. The summed E-state index contributed by atoms with van der Waals surface area (Å²) in [6.45, 7) is 7.30. The lowest BCUT2D eigenvalue weighted by molar-refractivity contribution is 0.758. The van der Waals surface area contributed by atoms with Crippen LogP contribution in [0, 0.1) is 0 Å². The molecule has 4 heteroatoms. The summed E-state index contributed by atoms with van der Waals surface area (Å²) in [4.78, 5) is 6.58. The van der Waals surface area contributed by atoms with Gasteiger partial charge in [-0.15, -0.1) is 5.10 Å². The van der Waals surface area contributed by atoms with Gasteiger partial charge in [-0.3, -0.25) is 0 Å². The predicted molar refractivity (Wildman–Crippen MR) is 62.1 cm³/mol. The Kier molecular flexibility index (Phi) is 4.46. The molecule has 0 saturated carbocycles. The van der Waals surface area contributed by atoms with Crippen molar-refractivity contribution in [1.82, 2.24) is 15.2 Å². The van der Waals surface area contributed by atoms with Crippen molar-refractivity contribution in [1.29, 1.82) is 0 Å². The Morgan fingerprint density at radius 1 is 1.00 bits per heavy atom. The van der Waals surface area contributed by atoms with Gasteiger partial charge in [0.2, 0.25) is 5.95 Å². The van der Waals surface area contributed by atoms with Crippen molar-refractivity contribution in [3.8, 4) is 0 Å². The number of nitrogens with zero attached hydrogens (tertiary/aromatic N) is 4. The molecule has 0 fully saturated rings. The first-order chi connectivity index (χ1) is 7.22. The lowest BCUT2D eigenvalue weighted by atomic mass is 10.2. The van der Waals surface area contributed by atoms with E-state index >= 15 is 0 Å². The molecular formula is C11H20N4. The minimum absolute atomic E-state index is 0.742. The second kappa shape index (κ2) is 5.63. The van der Waals surface area contributed by atoms with Crippen LogP contribution in [0.5, 0.6) is 0 Å². The van der Waals surface area contributed by atoms with Gasteiger partial charge in [0.05, 0.1) is 11.4 Å². The molecule has 0 saturated heterocycles. The number of aromatic nitrogens is 3. The van der Waals surface area contributed by atoms with E-state index in [1.54, 1.807) is 0 Å². The molecule has 0 bridgehead atoms. The van der Waals surface area contributed by atoms with Gasteiger partial charge >= 0.3 is 0 Å². The molecule has 0 aliphatic carbocycles. The van der Waals surface area contributed by atoms with Crippen molar-refractivity contribution in [2.75, 3.05) is 18.5 Å². The summed E-state index contributed by atoms with van der Waals surface area (Å²) in [6, 6.07) is 0. The van der Waals surface area contributed by atoms with Crippen molar-refractivity contribution < 1.29 is 0 Å². The van der Waals surface area contributed by atoms with Crippen LogP contribution in [0.25, 0.3) is 0 Å². The Morgan fingerprint density at radius 2 is 1.67 bits per heavy atom. The van der Waals surface area contributed by atoms with E-state index in [0.717, 1.165) is 43.1 Å². The van der Waals surface area contributed by atoms with Crippen LogP contribution in [0.1, 0.15) is 38.6 Å². The highest BCUT2D eigenvalue weighted by Crippen LogP contribution is 2.09. The summed E-state index contributed by atoms with van der Waals surface area (Å²) in [5.74, 6) is 0.742. The largest absolute Gasteiger partial charge is 0.343 e. The topological polar surface area (TPSA) is 41.9 Å². The summed E-state index contributed by atoms with van der Waals surface area (Å²) in [6.07, 6.45) is 2.92. The maximum Gasteiger partial charge on any atom is 0.245 e. The molecule has 84 valence electrons. The quantitative estimate of drug-likeness (QED) is 0.740. The number of aryl methyl sites for hydroxylation is 2. The summed E-state index contributed by atoms with van der Waals surface area (Å²) < 4.78 is 0. The number of hydrogen-bond acceptors (Lipinski definition) is 4. The highest BCUT2D eigenvalue weighted by Gasteiger charge is 2.08. The maximum atomic E-state index is 4.53. The molecule has 4 nitrogen and oxygen atoms in total. The van der Waals surface area contributed by atoms with E-state index in [9.17, 15) is 0 Å². The molecule has 0 aromatic carbocycles. The minimum atomic E-state index is 0.742. The van der Waals surface area contributed by atoms with Crippen molar-refractivity contribution in [3.05, 3.63) is 11.4 Å². The van der Waals surface area contributed by atoms with Gasteiger partial charge in [-0.05, 0) is 19.3 Å². The Balaban J connectivity index is 2.92. The van der Waals surface area contributed by atoms with Gasteiger partial charge in [0.25, 0.3) is 0 Å². The molecule has 0 N–H and O–H groups in total. The molecule has 1 rings (SSSR count). The Morgan fingerprint density at radius 3 is 2.20 bits per heavy atom. The van der Waals surface area contributed by atoms with Crippen LogP contribution in [0.2, 0.25) is 0 Å². The molecule has 1 heterocycles. The lowest BCUT2D eigenvalue weighted by Gasteiger charge is -2.16. The zero-order valence-corrected chi connectivity index (χ0v) is 10.1. The van der Waals surface area contributed by atoms with Crippen molar-refractivity contribution in [2.45, 2.75) is 40.0 Å². The van der Waals surface area contributed by atoms with E-state index in [-0.39, 0.29) is 0 Å². The predicted octanol–water partition coefficient (Wildman–Crippen LogP) is 1.84. The van der Waals surface area contributed by atoms with E-state index in [1.165, 1.54) is 0 Å². The van der Waals surface area contributed by atoms with E-state index in [4.69, 9.17) is 0 Å². The molecule has 1 aromatic heterocycles. The standard InChI is InChI=1S/C11H20N4/c1-5-8-15(4)11-12-9(6-2)10(7-3)13-14-11/h5-8H2,1-4H3. The first-order valence-electron chi connectivity index (χ1n) is 5.66. The summed E-state index contributed by atoms with van der Waals surface area (Å²) in [5.41, 5.74) is 2.09. The molecule has 0 atom stereocenters. The number of hydrogen-bond donors (Lipinski definition) is 0. The van der Waals surface area contributed by atoms with Gasteiger partial charge in [0.1, 0.15) is 0 Å². The number of rotatable bonds is 5. The first-order valence-corrected chi connectivity index (χ1v) is 5.66. The second-order valence-corrected chi connectivity index (χ2v) is 3.63. The van der Waals surface area contributed by atoms with Crippen molar-refractivity contribution >= 4 is 5.95 Å². The van der Waals surface area contributed by atoms with Gasteiger partial charge < -0.3 is 4.90 Å². The monoisotopic (exact) mass is 208 g/mol. The van der Waals surface area contributed by atoms with Crippen LogP contribution in [0.3, 0.4) is 0 Å². The van der Waals surface area contributed by atoms with Crippen molar-refractivity contribution in [2.24, 2.45) is 0 Å². The van der Waals surface area contributed by atoms with E-state index in [2.05, 4.69) is 36.0 Å². The smallest absolute Gasteiger partial charge is 0.245 e. The van der Waals surface area contributed by atoms with Crippen LogP contribution < -0.4 is 4.90 Å². The van der Waals surface area contributed by atoms with E-state index in [1.807, 2.05) is 11.9 Å². The fourth-order valence-corrected chi connectivity index (χ4v) is 1.53. The lowest BCUT2D eigenvalue weighted by Crippen LogP contribution is -2.22. The zero-order chi connectivity index (χ0) is 11.3. The Labute approximate surface area is 91.7 Å². The minimum Gasteiger partial charge on any atom is -0.343 e. The average molecular weight is 208 g/mol. The third-order valence-electron chi connectivity index (χ3n) is 2.40. The molecule has 0 radical (unpaired) electrons. The van der Waals surface area contributed by atoms with Gasteiger partial charge in [0.15, 0.2) is 0 Å². The normalized spacial score (nSPS) is 10.4. The number of anilines is 1. The van der Waals surface area contributed by atoms with Gasteiger partial charge in [-0.2, -0.15) is 5.10 Å².